The predicted octanol–water partition coefficient (Wildman–Crippen LogP) is 3.65. The average molecular weight is 381 g/mol. The summed E-state index contributed by atoms with van der Waals surface area (Å²) in [6.45, 7) is 1.81. The lowest BCUT2D eigenvalue weighted by Gasteiger charge is -2.30. The van der Waals surface area contributed by atoms with Gasteiger partial charge < -0.3 is 10.5 Å². The van der Waals surface area contributed by atoms with E-state index in [1.807, 2.05) is 37.3 Å². The highest BCUT2D eigenvalue weighted by atomic mass is 35.5. The van der Waals surface area contributed by atoms with Crippen LogP contribution in [0.15, 0.2) is 53.1 Å². The first-order valence-corrected chi connectivity index (χ1v) is 9.05. The van der Waals surface area contributed by atoms with Crippen LogP contribution in [0.1, 0.15) is 36.4 Å². The van der Waals surface area contributed by atoms with E-state index in [-0.39, 0.29) is 17.2 Å². The van der Waals surface area contributed by atoms with Crippen molar-refractivity contribution >= 4 is 17.4 Å². The van der Waals surface area contributed by atoms with Gasteiger partial charge >= 0.3 is 0 Å². The molecule has 1 aromatic heterocycles. The van der Waals surface area contributed by atoms with Crippen LogP contribution >= 0.6 is 11.6 Å². The Morgan fingerprint density at radius 1 is 1.33 bits per heavy atom. The maximum atomic E-state index is 12.7. The molecule has 0 bridgehead atoms. The molecule has 136 valence electrons. The molecule has 7 heteroatoms. The van der Waals surface area contributed by atoms with Gasteiger partial charge in [0.25, 0.3) is 0 Å². The second kappa shape index (κ2) is 6.60. The summed E-state index contributed by atoms with van der Waals surface area (Å²) in [5.41, 5.74) is 8.73. The predicted molar refractivity (Wildman–Crippen MR) is 99.8 cm³/mol. The summed E-state index contributed by atoms with van der Waals surface area (Å²) in [6, 6.07) is 11.6. The summed E-state index contributed by atoms with van der Waals surface area (Å²) in [5.74, 6) is -0.129. The number of benzene rings is 1. The van der Waals surface area contributed by atoms with Gasteiger partial charge in [0.15, 0.2) is 5.78 Å². The number of halogens is 1. The average Bonchev–Trinajstić information content (AvgIpc) is 2.95. The van der Waals surface area contributed by atoms with Gasteiger partial charge in [0.2, 0.25) is 5.88 Å². The van der Waals surface area contributed by atoms with Crippen molar-refractivity contribution in [3.63, 3.8) is 0 Å². The number of carbonyl (C=O) groups is 1. The van der Waals surface area contributed by atoms with Crippen molar-refractivity contribution in [3.05, 3.63) is 69.5 Å². The lowest BCUT2D eigenvalue weighted by molar-refractivity contribution is -0.116. The van der Waals surface area contributed by atoms with Gasteiger partial charge in [-0.05, 0) is 25.5 Å². The summed E-state index contributed by atoms with van der Waals surface area (Å²) in [5, 5.41) is 14.6. The minimum Gasteiger partial charge on any atom is -0.444 e. The monoisotopic (exact) mass is 380 g/mol. The van der Waals surface area contributed by atoms with E-state index in [2.05, 4.69) is 11.2 Å². The molecular formula is C20H17ClN4O2. The lowest BCUT2D eigenvalue weighted by Crippen LogP contribution is -2.27. The Morgan fingerprint density at radius 3 is 2.78 bits per heavy atom. The zero-order valence-corrected chi connectivity index (χ0v) is 15.5. The Kier molecular flexibility index (Phi) is 4.25. The smallest absolute Gasteiger partial charge is 0.205 e. The van der Waals surface area contributed by atoms with Crippen molar-refractivity contribution in [3.8, 4) is 11.8 Å². The van der Waals surface area contributed by atoms with E-state index in [1.165, 1.54) is 0 Å². The third-order valence-electron chi connectivity index (χ3n) is 4.94. The fourth-order valence-corrected chi connectivity index (χ4v) is 4.11. The highest BCUT2D eigenvalue weighted by Crippen LogP contribution is 2.46. The van der Waals surface area contributed by atoms with Gasteiger partial charge in [-0.2, -0.15) is 10.4 Å². The van der Waals surface area contributed by atoms with Crippen molar-refractivity contribution in [2.24, 2.45) is 5.73 Å². The highest BCUT2D eigenvalue weighted by molar-refractivity contribution is 6.31. The van der Waals surface area contributed by atoms with Gasteiger partial charge in [0.05, 0.1) is 17.3 Å². The molecule has 2 heterocycles. The number of aromatic nitrogens is 2. The van der Waals surface area contributed by atoms with Crippen LogP contribution in [-0.4, -0.2) is 15.6 Å². The zero-order chi connectivity index (χ0) is 19.1. The number of nitrogens with two attached hydrogens (primary N) is 1. The van der Waals surface area contributed by atoms with Crippen LogP contribution in [-0.2, 0) is 9.53 Å². The van der Waals surface area contributed by atoms with Crippen LogP contribution in [0.25, 0.3) is 5.69 Å². The van der Waals surface area contributed by atoms with Gasteiger partial charge in [-0.3, -0.25) is 4.79 Å². The molecule has 0 fully saturated rings. The second-order valence-electron chi connectivity index (χ2n) is 6.58. The van der Waals surface area contributed by atoms with Crippen LogP contribution in [0, 0.1) is 18.3 Å². The van der Waals surface area contributed by atoms with Crippen LogP contribution in [0.5, 0.6) is 0 Å². The van der Waals surface area contributed by atoms with Crippen LogP contribution < -0.4 is 5.73 Å². The molecule has 0 amide bonds. The summed E-state index contributed by atoms with van der Waals surface area (Å²) in [6.07, 6.45) is 1.73. The van der Waals surface area contributed by atoms with E-state index in [4.69, 9.17) is 22.1 Å². The Bertz CT molecular complexity index is 1040. The molecule has 0 unspecified atom stereocenters. The van der Waals surface area contributed by atoms with Crippen molar-refractivity contribution in [2.45, 2.75) is 32.1 Å². The molecule has 0 radical (unpaired) electrons. The fraction of sp³-hybridized carbons (Fsp3) is 0.250. The molecule has 1 aliphatic heterocycles. The normalized spacial score (nSPS) is 19.6. The number of hydrogen-bond acceptors (Lipinski definition) is 5. The van der Waals surface area contributed by atoms with E-state index < -0.39 is 5.92 Å². The van der Waals surface area contributed by atoms with Crippen LogP contribution in [0.3, 0.4) is 0 Å². The molecule has 1 atom stereocenters. The fourth-order valence-electron chi connectivity index (χ4n) is 3.72. The molecule has 2 aliphatic rings. The van der Waals surface area contributed by atoms with Gasteiger partial charge in [0.1, 0.15) is 22.6 Å². The summed E-state index contributed by atoms with van der Waals surface area (Å²) in [7, 11) is 0. The summed E-state index contributed by atoms with van der Waals surface area (Å²) >= 11 is 6.70. The summed E-state index contributed by atoms with van der Waals surface area (Å²) in [4.78, 5) is 12.7. The van der Waals surface area contributed by atoms with Gasteiger partial charge in [-0.15, -0.1) is 0 Å². The van der Waals surface area contributed by atoms with E-state index in [0.717, 1.165) is 5.69 Å². The van der Waals surface area contributed by atoms with Crippen LogP contribution in [0.4, 0.5) is 0 Å². The first-order valence-electron chi connectivity index (χ1n) is 8.67. The molecule has 1 aromatic carbocycles. The van der Waals surface area contributed by atoms with Gasteiger partial charge in [0, 0.05) is 24.0 Å². The number of aryl methyl sites for hydroxylation is 1. The number of allylic oxidation sites excluding steroid dienone is 3. The lowest BCUT2D eigenvalue weighted by atomic mass is 9.78. The first kappa shape index (κ1) is 17.4. The summed E-state index contributed by atoms with van der Waals surface area (Å²) < 4.78 is 7.22. The largest absolute Gasteiger partial charge is 0.444 e. The first-order chi connectivity index (χ1) is 13.0. The van der Waals surface area contributed by atoms with E-state index in [0.29, 0.717) is 47.0 Å². The number of nitriles is 1. The molecular weight excluding hydrogens is 364 g/mol. The molecule has 0 spiro atoms. The zero-order valence-electron chi connectivity index (χ0n) is 14.7. The number of carbonyl (C=O) groups excluding carboxylic acids is 1. The topological polar surface area (TPSA) is 93.9 Å². The quantitative estimate of drug-likeness (QED) is 0.858. The highest BCUT2D eigenvalue weighted by Gasteiger charge is 2.40. The minimum absolute atomic E-state index is 0.0267. The minimum atomic E-state index is -0.656. The molecule has 0 saturated carbocycles. The van der Waals surface area contributed by atoms with Crippen LogP contribution in [0.2, 0.25) is 5.15 Å². The van der Waals surface area contributed by atoms with E-state index >= 15 is 0 Å². The molecule has 1 aliphatic carbocycles. The Labute approximate surface area is 161 Å². The molecule has 2 aromatic rings. The Morgan fingerprint density at radius 2 is 2.07 bits per heavy atom. The maximum Gasteiger partial charge on any atom is 0.205 e. The molecule has 0 saturated heterocycles. The number of ketones is 1. The molecule has 27 heavy (non-hydrogen) atoms. The SMILES string of the molecule is Cc1nn(-c2ccccc2)c(Cl)c1[C@@H]1C(C#N)=C(N)OC2=C1C(=O)CCC2. The van der Waals surface area contributed by atoms with Gasteiger partial charge in [-0.1, -0.05) is 29.8 Å². The van der Waals surface area contributed by atoms with Crippen molar-refractivity contribution in [1.29, 1.82) is 5.26 Å². The Balaban J connectivity index is 1.94. The maximum absolute atomic E-state index is 12.7. The Hall–Kier alpha value is -3.04. The number of para-hydroxylation sites is 1. The van der Waals surface area contributed by atoms with Crippen molar-refractivity contribution < 1.29 is 9.53 Å². The number of rotatable bonds is 2. The number of nitrogens with zero attached hydrogens (tertiary/aromatic N) is 3. The number of ether oxygens (including phenoxy) is 1. The van der Waals surface area contributed by atoms with E-state index in [9.17, 15) is 10.1 Å². The third kappa shape index (κ3) is 2.71. The van der Waals surface area contributed by atoms with E-state index in [1.54, 1.807) is 4.68 Å². The second-order valence-corrected chi connectivity index (χ2v) is 6.93. The number of hydrogen-bond donors (Lipinski definition) is 1. The number of Topliss-reactive ketones (excluding diaryl/α,β-unsaturated/α-hetero) is 1. The van der Waals surface area contributed by atoms with Crippen molar-refractivity contribution in [2.75, 3.05) is 0 Å². The van der Waals surface area contributed by atoms with Gasteiger partial charge in [-0.25, -0.2) is 4.68 Å². The molecule has 2 N–H and O–H groups in total. The molecule has 4 rings (SSSR count). The third-order valence-corrected chi connectivity index (χ3v) is 5.31. The standard InChI is InChI=1S/C20H17ClN4O2/c1-11-16(19(21)25(24-11)12-6-3-2-4-7-12)17-13(10-22)20(23)27-15-9-5-8-14(26)18(15)17/h2-4,6-7,17H,5,8-9,23H2,1H3/t17-/m0/s1. The molecule has 6 nitrogen and oxygen atoms in total. The van der Waals surface area contributed by atoms with Crippen molar-refractivity contribution in [1.82, 2.24) is 9.78 Å².